The summed E-state index contributed by atoms with van der Waals surface area (Å²) in [6, 6.07) is 8.02. The van der Waals surface area contributed by atoms with Crippen molar-refractivity contribution in [2.45, 2.75) is 0 Å². The van der Waals surface area contributed by atoms with Gasteiger partial charge in [0, 0.05) is 41.1 Å². The van der Waals surface area contributed by atoms with E-state index in [-0.39, 0.29) is 0 Å². The summed E-state index contributed by atoms with van der Waals surface area (Å²) in [6.45, 7) is 0. The number of nitrogens with one attached hydrogen (secondary N) is 1. The van der Waals surface area contributed by atoms with Crippen molar-refractivity contribution in [1.82, 2.24) is 19.9 Å². The standard InChI is InChI=1S/C15H10N4/c1-2-12-10(4-7-18-15(12)17-5-1)13-8-19-14-9-16-6-3-11(13)14/h1-9,19H. The van der Waals surface area contributed by atoms with Crippen molar-refractivity contribution in [1.29, 1.82) is 0 Å². The third kappa shape index (κ3) is 1.50. The van der Waals surface area contributed by atoms with E-state index in [2.05, 4.69) is 19.9 Å². The number of hydrogen-bond donors (Lipinski definition) is 1. The maximum atomic E-state index is 4.30. The Kier molecular flexibility index (Phi) is 2.08. The first-order valence-corrected chi connectivity index (χ1v) is 6.05. The highest BCUT2D eigenvalue weighted by molar-refractivity contribution is 6.02. The fraction of sp³-hybridized carbons (Fsp3) is 0. The van der Waals surface area contributed by atoms with Crippen molar-refractivity contribution in [3.8, 4) is 11.1 Å². The molecule has 0 bridgehead atoms. The van der Waals surface area contributed by atoms with Crippen LogP contribution in [-0.2, 0) is 0 Å². The Bertz CT molecular complexity index is 874. The summed E-state index contributed by atoms with van der Waals surface area (Å²) in [5, 5.41) is 2.22. The number of nitrogens with zero attached hydrogens (tertiary/aromatic N) is 3. The third-order valence-corrected chi connectivity index (χ3v) is 3.29. The molecule has 4 nitrogen and oxygen atoms in total. The van der Waals surface area contributed by atoms with Crippen LogP contribution in [0.2, 0.25) is 0 Å². The molecule has 0 fully saturated rings. The zero-order chi connectivity index (χ0) is 12.7. The molecule has 0 spiro atoms. The summed E-state index contributed by atoms with van der Waals surface area (Å²) >= 11 is 0. The van der Waals surface area contributed by atoms with Crippen molar-refractivity contribution in [3.63, 3.8) is 0 Å². The molecule has 0 atom stereocenters. The maximum absolute atomic E-state index is 4.30. The topological polar surface area (TPSA) is 54.5 Å². The lowest BCUT2D eigenvalue weighted by Crippen LogP contribution is -1.85. The number of hydrogen-bond acceptors (Lipinski definition) is 3. The highest BCUT2D eigenvalue weighted by atomic mass is 14.8. The SMILES string of the molecule is c1cnc2nccc(-c3c[nH]c4cnccc34)c2c1. The maximum Gasteiger partial charge on any atom is 0.159 e. The lowest BCUT2D eigenvalue weighted by atomic mass is 10.0. The smallest absolute Gasteiger partial charge is 0.159 e. The van der Waals surface area contributed by atoms with Gasteiger partial charge in [-0.05, 0) is 29.8 Å². The van der Waals surface area contributed by atoms with Crippen LogP contribution in [0.25, 0.3) is 33.1 Å². The summed E-state index contributed by atoms with van der Waals surface area (Å²) < 4.78 is 0. The second-order valence-corrected chi connectivity index (χ2v) is 4.36. The highest BCUT2D eigenvalue weighted by Crippen LogP contribution is 2.31. The first kappa shape index (κ1) is 10.2. The van der Waals surface area contributed by atoms with Gasteiger partial charge in [0.1, 0.15) is 0 Å². The summed E-state index contributed by atoms with van der Waals surface area (Å²) in [4.78, 5) is 16.0. The Morgan fingerprint density at radius 2 is 1.79 bits per heavy atom. The highest BCUT2D eigenvalue weighted by Gasteiger charge is 2.09. The van der Waals surface area contributed by atoms with Gasteiger partial charge in [0.15, 0.2) is 5.65 Å². The van der Waals surface area contributed by atoms with Gasteiger partial charge in [0.05, 0.1) is 11.7 Å². The minimum absolute atomic E-state index is 0.767. The number of fused-ring (bicyclic) bond motifs is 2. The van der Waals surface area contributed by atoms with Gasteiger partial charge in [-0.1, -0.05) is 0 Å². The Hall–Kier alpha value is -2.75. The van der Waals surface area contributed by atoms with Crippen LogP contribution < -0.4 is 0 Å². The molecule has 4 aromatic rings. The quantitative estimate of drug-likeness (QED) is 0.561. The van der Waals surface area contributed by atoms with Gasteiger partial charge < -0.3 is 4.98 Å². The summed E-state index contributed by atoms with van der Waals surface area (Å²) in [7, 11) is 0. The first-order chi connectivity index (χ1) is 9.43. The van der Waals surface area contributed by atoms with Gasteiger partial charge in [-0.3, -0.25) is 4.98 Å². The van der Waals surface area contributed by atoms with Crippen LogP contribution in [0.4, 0.5) is 0 Å². The van der Waals surface area contributed by atoms with Crippen LogP contribution in [0.3, 0.4) is 0 Å². The zero-order valence-electron chi connectivity index (χ0n) is 10.0. The molecule has 19 heavy (non-hydrogen) atoms. The van der Waals surface area contributed by atoms with E-state index in [1.165, 1.54) is 0 Å². The molecule has 1 N–H and O–H groups in total. The minimum Gasteiger partial charge on any atom is -0.359 e. The third-order valence-electron chi connectivity index (χ3n) is 3.29. The predicted octanol–water partition coefficient (Wildman–Crippen LogP) is 3.17. The zero-order valence-corrected chi connectivity index (χ0v) is 10.0. The molecule has 0 unspecified atom stereocenters. The molecule has 4 heteroatoms. The molecule has 0 radical (unpaired) electrons. The van der Waals surface area contributed by atoms with E-state index in [1.807, 2.05) is 36.7 Å². The molecule has 4 rings (SSSR count). The largest absolute Gasteiger partial charge is 0.359 e. The number of rotatable bonds is 1. The van der Waals surface area contributed by atoms with Crippen molar-refractivity contribution < 1.29 is 0 Å². The van der Waals surface area contributed by atoms with E-state index in [4.69, 9.17) is 0 Å². The molecular weight excluding hydrogens is 236 g/mol. The molecule has 0 aliphatic heterocycles. The van der Waals surface area contributed by atoms with Crippen LogP contribution >= 0.6 is 0 Å². The normalized spacial score (nSPS) is 11.2. The molecule has 0 saturated carbocycles. The van der Waals surface area contributed by atoms with Gasteiger partial charge >= 0.3 is 0 Å². The van der Waals surface area contributed by atoms with E-state index in [1.54, 1.807) is 18.6 Å². The van der Waals surface area contributed by atoms with Crippen LogP contribution in [0.5, 0.6) is 0 Å². The van der Waals surface area contributed by atoms with E-state index < -0.39 is 0 Å². The molecular formula is C15H10N4. The van der Waals surface area contributed by atoms with E-state index in [0.717, 1.165) is 33.1 Å². The lowest BCUT2D eigenvalue weighted by molar-refractivity contribution is 1.29. The average Bonchev–Trinajstić information content (AvgIpc) is 2.90. The molecule has 0 aliphatic carbocycles. The number of aromatic nitrogens is 4. The number of aromatic amines is 1. The Balaban J connectivity index is 2.10. The van der Waals surface area contributed by atoms with Crippen molar-refractivity contribution in [2.75, 3.05) is 0 Å². The molecule has 4 heterocycles. The van der Waals surface area contributed by atoms with E-state index in [9.17, 15) is 0 Å². The van der Waals surface area contributed by atoms with Gasteiger partial charge in [-0.25, -0.2) is 9.97 Å². The molecule has 0 saturated heterocycles. The monoisotopic (exact) mass is 246 g/mol. The fourth-order valence-corrected chi connectivity index (χ4v) is 2.41. The van der Waals surface area contributed by atoms with Gasteiger partial charge in [0.2, 0.25) is 0 Å². The van der Waals surface area contributed by atoms with Crippen LogP contribution in [0.1, 0.15) is 0 Å². The van der Waals surface area contributed by atoms with Gasteiger partial charge in [0.25, 0.3) is 0 Å². The molecule has 0 aliphatic rings. The molecule has 90 valence electrons. The van der Waals surface area contributed by atoms with Crippen LogP contribution in [0.15, 0.2) is 55.2 Å². The van der Waals surface area contributed by atoms with E-state index >= 15 is 0 Å². The Morgan fingerprint density at radius 3 is 2.79 bits per heavy atom. The fourth-order valence-electron chi connectivity index (χ4n) is 2.41. The Labute approximate surface area is 109 Å². The molecule has 0 aromatic carbocycles. The number of H-pyrrole nitrogens is 1. The number of pyridine rings is 3. The second kappa shape index (κ2) is 3.88. The van der Waals surface area contributed by atoms with E-state index in [0.29, 0.717) is 0 Å². The summed E-state index contributed by atoms with van der Waals surface area (Å²) in [5.74, 6) is 0. The van der Waals surface area contributed by atoms with Gasteiger partial charge in [-0.15, -0.1) is 0 Å². The van der Waals surface area contributed by atoms with Crippen molar-refractivity contribution in [3.05, 3.63) is 55.2 Å². The second-order valence-electron chi connectivity index (χ2n) is 4.36. The first-order valence-electron chi connectivity index (χ1n) is 6.05. The van der Waals surface area contributed by atoms with Crippen LogP contribution in [-0.4, -0.2) is 19.9 Å². The minimum atomic E-state index is 0.767. The van der Waals surface area contributed by atoms with Crippen molar-refractivity contribution >= 4 is 21.9 Å². The van der Waals surface area contributed by atoms with Crippen molar-refractivity contribution in [2.24, 2.45) is 0 Å². The molecule has 0 amide bonds. The average molecular weight is 246 g/mol. The Morgan fingerprint density at radius 1 is 0.842 bits per heavy atom. The summed E-state index contributed by atoms with van der Waals surface area (Å²) in [6.07, 6.45) is 9.21. The predicted molar refractivity (Wildman–Crippen MR) is 74.6 cm³/mol. The van der Waals surface area contributed by atoms with Gasteiger partial charge in [-0.2, -0.15) is 0 Å². The summed E-state index contributed by atoms with van der Waals surface area (Å²) in [5.41, 5.74) is 4.09. The lowest BCUT2D eigenvalue weighted by Gasteiger charge is -2.03. The van der Waals surface area contributed by atoms with Crippen LogP contribution in [0, 0.1) is 0 Å². The molecule has 4 aromatic heterocycles.